The van der Waals surface area contributed by atoms with Crippen LogP contribution in [0.25, 0.3) is 0 Å². The van der Waals surface area contributed by atoms with Crippen LogP contribution < -0.4 is 5.32 Å². The van der Waals surface area contributed by atoms with Gasteiger partial charge in [-0.25, -0.2) is 8.42 Å². The van der Waals surface area contributed by atoms with Gasteiger partial charge >= 0.3 is 6.18 Å². The second kappa shape index (κ2) is 9.96. The van der Waals surface area contributed by atoms with Crippen LogP contribution in [0, 0.1) is 5.92 Å². The molecule has 2 saturated heterocycles. The number of alkyl halides is 3. The summed E-state index contributed by atoms with van der Waals surface area (Å²) in [6, 6.07) is 2.52. The summed E-state index contributed by atoms with van der Waals surface area (Å²) in [6.07, 6.45) is -2.15. The summed E-state index contributed by atoms with van der Waals surface area (Å²) >= 11 is 5.57. The van der Waals surface area contributed by atoms with Crippen LogP contribution in [-0.2, 0) is 25.8 Å². The average molecular weight is 496 g/mol. The number of benzene rings is 1. The summed E-state index contributed by atoms with van der Waals surface area (Å²) in [5.74, 6) is -0.417. The fourth-order valence-corrected chi connectivity index (χ4v) is 5.68. The molecule has 0 aliphatic carbocycles. The maximum absolute atomic E-state index is 13.1. The van der Waals surface area contributed by atoms with E-state index in [0.29, 0.717) is 32.0 Å². The van der Waals surface area contributed by atoms with Gasteiger partial charge in [0.2, 0.25) is 21.8 Å². The molecule has 0 radical (unpaired) electrons. The zero-order chi connectivity index (χ0) is 23.5. The molecule has 2 heterocycles. The summed E-state index contributed by atoms with van der Waals surface area (Å²) in [5, 5.41) is 2.25. The number of rotatable bonds is 7. The van der Waals surface area contributed by atoms with E-state index in [1.54, 1.807) is 4.90 Å². The van der Waals surface area contributed by atoms with E-state index in [2.05, 4.69) is 5.32 Å². The van der Waals surface area contributed by atoms with Crippen molar-refractivity contribution >= 4 is 33.4 Å². The van der Waals surface area contributed by atoms with Crippen LogP contribution in [0.4, 0.5) is 13.2 Å². The van der Waals surface area contributed by atoms with Gasteiger partial charge in [0, 0.05) is 45.1 Å². The molecular weight excluding hydrogens is 471 g/mol. The molecule has 2 fully saturated rings. The number of carbonyl (C=O) groups excluding carboxylic acids is 2. The molecule has 0 spiro atoms. The molecule has 1 aromatic carbocycles. The SMILES string of the molecule is O=C(NCCCN1CCCC1=O)C1CCN(S(=O)(=O)c2ccc(Cl)c(C(F)(F)F)c2)CC1. The Morgan fingerprint density at radius 1 is 1.19 bits per heavy atom. The lowest BCUT2D eigenvalue weighted by atomic mass is 9.97. The van der Waals surface area contributed by atoms with Crippen LogP contribution in [0.5, 0.6) is 0 Å². The fraction of sp³-hybridized carbons (Fsp3) is 0.600. The van der Waals surface area contributed by atoms with Crippen LogP contribution in [0.2, 0.25) is 5.02 Å². The predicted octanol–water partition coefficient (Wildman–Crippen LogP) is 2.89. The van der Waals surface area contributed by atoms with Crippen molar-refractivity contribution in [2.24, 2.45) is 5.92 Å². The molecule has 2 aliphatic heterocycles. The number of piperidine rings is 1. The first-order valence-corrected chi connectivity index (χ1v) is 12.2. The monoisotopic (exact) mass is 495 g/mol. The molecule has 0 atom stereocenters. The van der Waals surface area contributed by atoms with Crippen molar-refractivity contribution in [3.05, 3.63) is 28.8 Å². The summed E-state index contributed by atoms with van der Waals surface area (Å²) in [5.41, 5.74) is -1.20. The number of carbonyl (C=O) groups is 2. The number of nitrogens with zero attached hydrogens (tertiary/aromatic N) is 2. The smallest absolute Gasteiger partial charge is 0.356 e. The van der Waals surface area contributed by atoms with Gasteiger partial charge in [-0.2, -0.15) is 17.5 Å². The van der Waals surface area contributed by atoms with E-state index in [9.17, 15) is 31.2 Å². The van der Waals surface area contributed by atoms with Gasteiger partial charge in [0.05, 0.1) is 15.5 Å². The standard InChI is InChI=1S/C20H25ClF3N3O4S/c21-17-5-4-15(13-16(17)20(22,23)24)32(30,31)27-11-6-14(7-12-27)19(29)25-8-2-10-26-9-1-3-18(26)28/h4-5,13-14H,1-3,6-12H2,(H,25,29). The minimum absolute atomic E-state index is 0.0344. The lowest BCUT2D eigenvalue weighted by Crippen LogP contribution is -2.43. The Bertz CT molecular complexity index is 963. The number of sulfonamides is 1. The van der Waals surface area contributed by atoms with E-state index in [4.69, 9.17) is 11.6 Å². The molecule has 7 nitrogen and oxygen atoms in total. The zero-order valence-electron chi connectivity index (χ0n) is 17.3. The molecule has 0 aromatic heterocycles. The van der Waals surface area contributed by atoms with Crippen LogP contribution in [0.3, 0.4) is 0 Å². The van der Waals surface area contributed by atoms with Gasteiger partial charge in [-0.1, -0.05) is 11.6 Å². The molecule has 0 bridgehead atoms. The van der Waals surface area contributed by atoms with Crippen molar-refractivity contribution in [1.29, 1.82) is 0 Å². The van der Waals surface area contributed by atoms with Crippen LogP contribution in [-0.4, -0.2) is 62.2 Å². The normalized spacial score (nSPS) is 18.9. The van der Waals surface area contributed by atoms with Gasteiger partial charge in [-0.15, -0.1) is 0 Å². The number of amides is 2. The summed E-state index contributed by atoms with van der Waals surface area (Å²) in [7, 11) is -4.14. The third-order valence-corrected chi connectivity index (χ3v) is 8.01. The van der Waals surface area contributed by atoms with E-state index in [-0.39, 0.29) is 43.7 Å². The lowest BCUT2D eigenvalue weighted by molar-refractivity contribution is -0.137. The molecule has 32 heavy (non-hydrogen) atoms. The van der Waals surface area contributed by atoms with Crippen LogP contribution >= 0.6 is 11.6 Å². The van der Waals surface area contributed by atoms with E-state index < -0.39 is 31.7 Å². The minimum Gasteiger partial charge on any atom is -0.356 e. The number of halogens is 4. The quantitative estimate of drug-likeness (QED) is 0.589. The van der Waals surface area contributed by atoms with Gasteiger partial charge in [0.15, 0.2) is 0 Å². The highest BCUT2D eigenvalue weighted by Crippen LogP contribution is 2.36. The van der Waals surface area contributed by atoms with Gasteiger partial charge in [-0.3, -0.25) is 9.59 Å². The van der Waals surface area contributed by atoms with Crippen molar-refractivity contribution in [3.63, 3.8) is 0 Å². The fourth-order valence-electron chi connectivity index (χ4n) is 3.96. The minimum atomic E-state index is -4.77. The molecule has 1 N–H and O–H groups in total. The third-order valence-electron chi connectivity index (χ3n) is 5.78. The molecule has 3 rings (SSSR count). The Morgan fingerprint density at radius 3 is 2.47 bits per heavy atom. The summed E-state index contributed by atoms with van der Waals surface area (Å²) in [6.45, 7) is 1.83. The van der Waals surface area contributed by atoms with Crippen LogP contribution in [0.15, 0.2) is 23.1 Å². The maximum atomic E-state index is 13.1. The topological polar surface area (TPSA) is 86.8 Å². The predicted molar refractivity (Wildman–Crippen MR) is 111 cm³/mol. The molecule has 1 aromatic rings. The molecular formula is C20H25ClF3N3O4S. The number of likely N-dealkylation sites (tertiary alicyclic amines) is 1. The lowest BCUT2D eigenvalue weighted by Gasteiger charge is -2.30. The van der Waals surface area contributed by atoms with Crippen molar-refractivity contribution in [2.45, 2.75) is 43.2 Å². The highest BCUT2D eigenvalue weighted by atomic mass is 35.5. The second-order valence-electron chi connectivity index (χ2n) is 7.95. The first-order chi connectivity index (χ1) is 15.0. The van der Waals surface area contributed by atoms with E-state index in [1.807, 2.05) is 0 Å². The second-order valence-corrected chi connectivity index (χ2v) is 10.3. The number of nitrogens with one attached hydrogen (secondary N) is 1. The first kappa shape index (κ1) is 24.8. The van der Waals surface area contributed by atoms with Gasteiger partial charge in [0.25, 0.3) is 0 Å². The Hall–Kier alpha value is -1.85. The van der Waals surface area contributed by atoms with Crippen LogP contribution in [0.1, 0.15) is 37.7 Å². The number of hydrogen-bond acceptors (Lipinski definition) is 4. The third kappa shape index (κ3) is 5.74. The molecule has 2 amide bonds. The Kier molecular flexibility index (Phi) is 7.72. The van der Waals surface area contributed by atoms with Gasteiger partial charge in [0.1, 0.15) is 0 Å². The van der Waals surface area contributed by atoms with Crippen molar-refractivity contribution < 1.29 is 31.2 Å². The van der Waals surface area contributed by atoms with Crippen molar-refractivity contribution in [1.82, 2.24) is 14.5 Å². The highest BCUT2D eigenvalue weighted by molar-refractivity contribution is 7.89. The first-order valence-electron chi connectivity index (χ1n) is 10.4. The Labute approximate surface area is 189 Å². The van der Waals surface area contributed by atoms with Crippen molar-refractivity contribution in [3.8, 4) is 0 Å². The molecule has 0 saturated carbocycles. The molecule has 2 aliphatic rings. The Morgan fingerprint density at radius 2 is 1.88 bits per heavy atom. The van der Waals surface area contributed by atoms with E-state index in [0.717, 1.165) is 29.4 Å². The van der Waals surface area contributed by atoms with Gasteiger partial charge in [-0.05, 0) is 43.9 Å². The number of hydrogen-bond donors (Lipinski definition) is 1. The Balaban J connectivity index is 1.51. The zero-order valence-corrected chi connectivity index (χ0v) is 18.9. The average Bonchev–Trinajstić information content (AvgIpc) is 3.15. The largest absolute Gasteiger partial charge is 0.417 e. The molecule has 12 heteroatoms. The van der Waals surface area contributed by atoms with E-state index >= 15 is 0 Å². The molecule has 178 valence electrons. The maximum Gasteiger partial charge on any atom is 0.417 e. The highest BCUT2D eigenvalue weighted by Gasteiger charge is 2.37. The van der Waals surface area contributed by atoms with Gasteiger partial charge < -0.3 is 10.2 Å². The van der Waals surface area contributed by atoms with E-state index in [1.165, 1.54) is 0 Å². The molecule has 0 unspecified atom stereocenters. The van der Waals surface area contributed by atoms with Crippen molar-refractivity contribution in [2.75, 3.05) is 32.7 Å². The summed E-state index contributed by atoms with van der Waals surface area (Å²) in [4.78, 5) is 25.2. The summed E-state index contributed by atoms with van der Waals surface area (Å²) < 4.78 is 65.9.